The molecule has 2 amide bonds. The molecule has 1 fully saturated rings. The monoisotopic (exact) mass is 419 g/mol. The van der Waals surface area contributed by atoms with Gasteiger partial charge >= 0.3 is 0 Å². The van der Waals surface area contributed by atoms with E-state index in [-0.39, 0.29) is 23.6 Å². The van der Waals surface area contributed by atoms with E-state index in [4.69, 9.17) is 9.15 Å². The molecule has 1 aromatic heterocycles. The Morgan fingerprint density at radius 2 is 1.65 bits per heavy atom. The van der Waals surface area contributed by atoms with Crippen LogP contribution in [0.2, 0.25) is 0 Å². The molecule has 3 aromatic rings. The van der Waals surface area contributed by atoms with Crippen LogP contribution in [0.5, 0.6) is 0 Å². The van der Waals surface area contributed by atoms with Crippen molar-refractivity contribution in [3.8, 4) is 0 Å². The Kier molecular flexibility index (Phi) is 6.76. The van der Waals surface area contributed by atoms with E-state index in [0.717, 1.165) is 25.2 Å². The van der Waals surface area contributed by atoms with Gasteiger partial charge in [0.15, 0.2) is 5.76 Å². The zero-order valence-electron chi connectivity index (χ0n) is 17.1. The number of morpholine rings is 1. The minimum absolute atomic E-state index is 0.134. The van der Waals surface area contributed by atoms with Gasteiger partial charge in [0.2, 0.25) is 0 Å². The van der Waals surface area contributed by atoms with Gasteiger partial charge in [0.05, 0.1) is 25.5 Å². The highest BCUT2D eigenvalue weighted by Gasteiger charge is 2.21. The van der Waals surface area contributed by atoms with Gasteiger partial charge < -0.3 is 19.8 Å². The SMILES string of the molecule is O=C(N[C@@H](CN1CCOCC1)c1ccccc1)c1ccc(NC(=O)c2ccco2)cc1. The fraction of sp³-hybridized carbons (Fsp3) is 0.250. The molecule has 0 unspecified atom stereocenters. The Balaban J connectivity index is 1.42. The summed E-state index contributed by atoms with van der Waals surface area (Å²) in [7, 11) is 0. The summed E-state index contributed by atoms with van der Waals surface area (Å²) in [5.74, 6) is -0.265. The van der Waals surface area contributed by atoms with Gasteiger partial charge in [-0.15, -0.1) is 0 Å². The van der Waals surface area contributed by atoms with Crippen LogP contribution in [0.3, 0.4) is 0 Å². The summed E-state index contributed by atoms with van der Waals surface area (Å²) in [6.07, 6.45) is 1.45. The van der Waals surface area contributed by atoms with Crippen LogP contribution >= 0.6 is 0 Å². The molecule has 1 atom stereocenters. The van der Waals surface area contributed by atoms with Gasteiger partial charge in [0.1, 0.15) is 0 Å². The van der Waals surface area contributed by atoms with Crippen LogP contribution in [0.15, 0.2) is 77.4 Å². The Morgan fingerprint density at radius 1 is 0.903 bits per heavy atom. The predicted octanol–water partition coefficient (Wildman–Crippen LogP) is 3.34. The van der Waals surface area contributed by atoms with Crippen LogP contribution in [0.4, 0.5) is 5.69 Å². The van der Waals surface area contributed by atoms with E-state index in [0.29, 0.717) is 24.5 Å². The maximum Gasteiger partial charge on any atom is 0.291 e. The number of rotatable bonds is 7. The van der Waals surface area contributed by atoms with Crippen LogP contribution in [0, 0.1) is 0 Å². The molecule has 2 N–H and O–H groups in total. The Labute approximate surface area is 181 Å². The van der Waals surface area contributed by atoms with E-state index < -0.39 is 0 Å². The van der Waals surface area contributed by atoms with Crippen molar-refractivity contribution in [2.45, 2.75) is 6.04 Å². The number of anilines is 1. The van der Waals surface area contributed by atoms with E-state index in [1.165, 1.54) is 6.26 Å². The first-order chi connectivity index (χ1) is 15.2. The standard InChI is InChI=1S/C24H25N3O4/c28-23(19-8-10-20(11-9-19)25-24(29)22-7-4-14-31-22)26-21(18-5-2-1-3-6-18)17-27-12-15-30-16-13-27/h1-11,14,21H,12-13,15-17H2,(H,25,29)(H,26,28)/t21-/m0/s1. The van der Waals surface area contributed by atoms with Crippen molar-refractivity contribution in [3.63, 3.8) is 0 Å². The lowest BCUT2D eigenvalue weighted by Crippen LogP contribution is -2.43. The van der Waals surface area contributed by atoms with Gasteiger partial charge in [-0.1, -0.05) is 30.3 Å². The summed E-state index contributed by atoms with van der Waals surface area (Å²) in [4.78, 5) is 27.3. The van der Waals surface area contributed by atoms with Crippen LogP contribution in [-0.2, 0) is 4.74 Å². The molecule has 2 heterocycles. The van der Waals surface area contributed by atoms with Crippen molar-refractivity contribution in [2.75, 3.05) is 38.2 Å². The number of nitrogens with one attached hydrogen (secondary N) is 2. The van der Waals surface area contributed by atoms with Crippen molar-refractivity contribution in [3.05, 3.63) is 89.9 Å². The minimum atomic E-state index is -0.336. The second-order valence-electron chi connectivity index (χ2n) is 7.36. The molecule has 31 heavy (non-hydrogen) atoms. The summed E-state index contributed by atoms with van der Waals surface area (Å²) in [5.41, 5.74) is 2.18. The smallest absolute Gasteiger partial charge is 0.291 e. The maximum absolute atomic E-state index is 12.9. The average molecular weight is 419 g/mol. The van der Waals surface area contributed by atoms with Crippen LogP contribution in [0.25, 0.3) is 0 Å². The highest BCUT2D eigenvalue weighted by Crippen LogP contribution is 2.17. The molecular formula is C24H25N3O4. The van der Waals surface area contributed by atoms with E-state index >= 15 is 0 Å². The molecule has 0 aliphatic carbocycles. The number of hydrogen-bond donors (Lipinski definition) is 2. The largest absolute Gasteiger partial charge is 0.459 e. The zero-order chi connectivity index (χ0) is 21.5. The average Bonchev–Trinajstić information content (AvgIpc) is 3.36. The molecule has 1 saturated heterocycles. The van der Waals surface area contributed by atoms with E-state index in [1.54, 1.807) is 36.4 Å². The summed E-state index contributed by atoms with van der Waals surface area (Å²) in [5, 5.41) is 5.90. The van der Waals surface area contributed by atoms with Crippen molar-refractivity contribution in [1.82, 2.24) is 10.2 Å². The molecule has 0 bridgehead atoms. The summed E-state index contributed by atoms with van der Waals surface area (Å²) in [6.45, 7) is 3.84. The van der Waals surface area contributed by atoms with Gasteiger partial charge in [-0.3, -0.25) is 14.5 Å². The fourth-order valence-corrected chi connectivity index (χ4v) is 3.51. The third kappa shape index (κ3) is 5.59. The van der Waals surface area contributed by atoms with Crippen molar-refractivity contribution < 1.29 is 18.7 Å². The van der Waals surface area contributed by atoms with Crippen molar-refractivity contribution >= 4 is 17.5 Å². The number of hydrogen-bond acceptors (Lipinski definition) is 5. The first-order valence-corrected chi connectivity index (χ1v) is 10.3. The van der Waals surface area contributed by atoms with Crippen molar-refractivity contribution in [1.29, 1.82) is 0 Å². The molecule has 0 spiro atoms. The lowest BCUT2D eigenvalue weighted by Gasteiger charge is -2.31. The Bertz CT molecular complexity index is 981. The molecule has 0 saturated carbocycles. The molecule has 0 radical (unpaired) electrons. The number of amides is 2. The van der Waals surface area contributed by atoms with Gasteiger partial charge in [0, 0.05) is 30.9 Å². The maximum atomic E-state index is 12.9. The normalized spacial score (nSPS) is 15.2. The highest BCUT2D eigenvalue weighted by atomic mass is 16.5. The minimum Gasteiger partial charge on any atom is -0.459 e. The molecule has 4 rings (SSSR count). The van der Waals surface area contributed by atoms with Crippen LogP contribution in [-0.4, -0.2) is 49.6 Å². The lowest BCUT2D eigenvalue weighted by molar-refractivity contribution is 0.0332. The second-order valence-corrected chi connectivity index (χ2v) is 7.36. The van der Waals surface area contributed by atoms with E-state index in [9.17, 15) is 9.59 Å². The molecular weight excluding hydrogens is 394 g/mol. The summed E-state index contributed by atoms with van der Waals surface area (Å²) in [6, 6.07) is 19.9. The molecule has 2 aromatic carbocycles. The third-order valence-electron chi connectivity index (χ3n) is 5.20. The van der Waals surface area contributed by atoms with Gasteiger partial charge in [0.25, 0.3) is 11.8 Å². The number of benzene rings is 2. The zero-order valence-corrected chi connectivity index (χ0v) is 17.1. The first-order valence-electron chi connectivity index (χ1n) is 10.3. The third-order valence-corrected chi connectivity index (χ3v) is 5.20. The number of ether oxygens (including phenoxy) is 1. The lowest BCUT2D eigenvalue weighted by atomic mass is 10.1. The number of nitrogens with zero attached hydrogens (tertiary/aromatic N) is 1. The summed E-state index contributed by atoms with van der Waals surface area (Å²) >= 11 is 0. The van der Waals surface area contributed by atoms with Gasteiger partial charge in [-0.2, -0.15) is 0 Å². The molecule has 160 valence electrons. The van der Waals surface area contributed by atoms with E-state index in [2.05, 4.69) is 15.5 Å². The molecule has 7 nitrogen and oxygen atoms in total. The van der Waals surface area contributed by atoms with Crippen molar-refractivity contribution in [2.24, 2.45) is 0 Å². The molecule has 7 heteroatoms. The fourth-order valence-electron chi connectivity index (χ4n) is 3.51. The molecule has 1 aliphatic rings. The first kappa shape index (κ1) is 20.8. The van der Waals surface area contributed by atoms with Crippen LogP contribution in [0.1, 0.15) is 32.5 Å². The quantitative estimate of drug-likeness (QED) is 0.614. The number of carbonyl (C=O) groups excluding carboxylic acids is 2. The summed E-state index contributed by atoms with van der Waals surface area (Å²) < 4.78 is 10.5. The predicted molar refractivity (Wildman–Crippen MR) is 117 cm³/mol. The second kappa shape index (κ2) is 10.1. The Morgan fingerprint density at radius 3 is 2.32 bits per heavy atom. The van der Waals surface area contributed by atoms with Gasteiger partial charge in [-0.05, 0) is 42.0 Å². The van der Waals surface area contributed by atoms with E-state index in [1.807, 2.05) is 30.3 Å². The number of carbonyl (C=O) groups is 2. The number of furan rings is 1. The van der Waals surface area contributed by atoms with Crippen LogP contribution < -0.4 is 10.6 Å². The topological polar surface area (TPSA) is 83.8 Å². The van der Waals surface area contributed by atoms with Gasteiger partial charge in [-0.25, -0.2) is 0 Å². The molecule has 1 aliphatic heterocycles. The Hall–Kier alpha value is -3.42. The highest BCUT2D eigenvalue weighted by molar-refractivity contribution is 6.02.